The average Bonchev–Trinajstić information content (AvgIpc) is 3.18. The molecule has 12 nitrogen and oxygen atoms in total. The molecule has 2 aromatic rings. The molecule has 3 rings (SSSR count). The number of hydrogen-bond acceptors (Lipinski definition) is 11. The van der Waals surface area contributed by atoms with Crippen LogP contribution in [0.1, 0.15) is 11.9 Å². The van der Waals surface area contributed by atoms with Crippen LogP contribution >= 0.6 is 31.9 Å². The van der Waals surface area contributed by atoms with Gasteiger partial charge in [0, 0.05) is 8.95 Å². The number of aromatic amines is 1. The molecule has 2 heterocycles. The van der Waals surface area contributed by atoms with E-state index < -0.39 is 68.3 Å². The lowest BCUT2D eigenvalue weighted by Crippen LogP contribution is -2.61. The van der Waals surface area contributed by atoms with Gasteiger partial charge in [0.15, 0.2) is 6.29 Å². The Labute approximate surface area is 198 Å². The van der Waals surface area contributed by atoms with Crippen molar-refractivity contribution in [1.82, 2.24) is 9.97 Å². The van der Waals surface area contributed by atoms with E-state index in [1.54, 1.807) is 12.1 Å². The van der Waals surface area contributed by atoms with Crippen molar-refractivity contribution in [2.24, 2.45) is 0 Å². The lowest BCUT2D eigenvalue weighted by molar-refractivity contribution is -0.327. The second-order valence-electron chi connectivity index (χ2n) is 7.39. The topological polar surface area (TPSA) is 209 Å². The first kappa shape index (κ1) is 25.9. The number of aliphatic hydroxyl groups excluding tert-OH is 8. The molecule has 1 aliphatic heterocycles. The highest BCUT2D eigenvalue weighted by atomic mass is 79.9. The smallest absolute Gasteiger partial charge is 0.187 e. The van der Waals surface area contributed by atoms with E-state index in [2.05, 4.69) is 41.8 Å². The van der Waals surface area contributed by atoms with Crippen molar-refractivity contribution in [3.63, 3.8) is 0 Å². The van der Waals surface area contributed by atoms with Gasteiger partial charge in [-0.2, -0.15) is 0 Å². The first-order valence-electron chi connectivity index (χ1n) is 9.54. The number of nitrogens with one attached hydrogen (secondary N) is 1. The Morgan fingerprint density at radius 3 is 2.31 bits per heavy atom. The van der Waals surface area contributed by atoms with Gasteiger partial charge in [0.1, 0.15) is 54.7 Å². The van der Waals surface area contributed by atoms with E-state index in [1.807, 2.05) is 0 Å². The van der Waals surface area contributed by atoms with E-state index in [4.69, 9.17) is 9.47 Å². The highest BCUT2D eigenvalue weighted by molar-refractivity contribution is 9.13. The number of aromatic nitrogens is 2. The van der Waals surface area contributed by atoms with Crippen molar-refractivity contribution in [2.45, 2.75) is 55.1 Å². The lowest BCUT2D eigenvalue weighted by Gasteiger charge is -2.42. The van der Waals surface area contributed by atoms with E-state index in [1.165, 1.54) is 0 Å². The Balaban J connectivity index is 1.83. The Hall–Kier alpha value is -0.750. The Kier molecular flexibility index (Phi) is 8.62. The van der Waals surface area contributed by atoms with Crippen molar-refractivity contribution >= 4 is 42.9 Å². The summed E-state index contributed by atoms with van der Waals surface area (Å²) in [7, 11) is 0. The highest BCUT2D eigenvalue weighted by Crippen LogP contribution is 2.31. The van der Waals surface area contributed by atoms with E-state index in [9.17, 15) is 40.9 Å². The molecule has 0 bridgehead atoms. The summed E-state index contributed by atoms with van der Waals surface area (Å²) in [5, 5.41) is 80.1. The van der Waals surface area contributed by atoms with Crippen LogP contribution in [0.5, 0.6) is 0 Å². The zero-order valence-electron chi connectivity index (χ0n) is 16.4. The fourth-order valence-corrected chi connectivity index (χ4v) is 4.02. The van der Waals surface area contributed by atoms with E-state index in [0.717, 1.165) is 4.47 Å². The van der Waals surface area contributed by atoms with Gasteiger partial charge >= 0.3 is 0 Å². The van der Waals surface area contributed by atoms with Gasteiger partial charge in [-0.3, -0.25) is 0 Å². The van der Waals surface area contributed by atoms with Crippen LogP contribution in [-0.2, 0) is 9.47 Å². The summed E-state index contributed by atoms with van der Waals surface area (Å²) in [5.41, 5.74) is 1.01. The van der Waals surface area contributed by atoms with Crippen molar-refractivity contribution in [3.05, 3.63) is 26.9 Å². The normalized spacial score (nSPS) is 30.2. The van der Waals surface area contributed by atoms with E-state index >= 15 is 0 Å². The summed E-state index contributed by atoms with van der Waals surface area (Å²) in [6.07, 6.45) is -15.3. The summed E-state index contributed by atoms with van der Waals surface area (Å²) >= 11 is 6.68. The Morgan fingerprint density at radius 1 is 1.03 bits per heavy atom. The van der Waals surface area contributed by atoms with Crippen LogP contribution in [0.25, 0.3) is 11.0 Å². The number of halogens is 2. The Bertz CT molecular complexity index is 876. The second-order valence-corrected chi connectivity index (χ2v) is 9.10. The predicted molar refractivity (Wildman–Crippen MR) is 114 cm³/mol. The Morgan fingerprint density at radius 2 is 1.69 bits per heavy atom. The van der Waals surface area contributed by atoms with Crippen LogP contribution in [0, 0.1) is 0 Å². The molecular formula is C18H24Br2N2O10. The van der Waals surface area contributed by atoms with E-state index in [0.29, 0.717) is 15.5 Å². The molecule has 0 amide bonds. The van der Waals surface area contributed by atoms with E-state index in [-0.39, 0.29) is 5.82 Å². The zero-order chi connectivity index (χ0) is 23.7. The van der Waals surface area contributed by atoms with Crippen molar-refractivity contribution in [2.75, 3.05) is 13.2 Å². The quantitative estimate of drug-likeness (QED) is 0.165. The van der Waals surface area contributed by atoms with Crippen LogP contribution in [-0.4, -0.2) is 113 Å². The largest absolute Gasteiger partial charge is 0.394 e. The minimum atomic E-state index is -1.88. The van der Waals surface area contributed by atoms with Crippen molar-refractivity contribution in [3.8, 4) is 0 Å². The minimum absolute atomic E-state index is 0.0648. The van der Waals surface area contributed by atoms with Gasteiger partial charge in [-0.1, -0.05) is 0 Å². The number of hydrogen-bond donors (Lipinski definition) is 9. The molecule has 14 heteroatoms. The summed E-state index contributed by atoms with van der Waals surface area (Å²) in [6.45, 7) is -1.60. The zero-order valence-corrected chi connectivity index (χ0v) is 19.5. The fraction of sp³-hybridized carbons (Fsp3) is 0.611. The molecule has 1 aromatic carbocycles. The van der Waals surface area contributed by atoms with Crippen LogP contribution < -0.4 is 0 Å². The number of nitrogens with zero attached hydrogens (tertiary/aromatic N) is 1. The summed E-state index contributed by atoms with van der Waals surface area (Å²) < 4.78 is 12.0. The van der Waals surface area contributed by atoms with Gasteiger partial charge in [-0.15, -0.1) is 0 Å². The maximum atomic E-state index is 10.7. The van der Waals surface area contributed by atoms with Gasteiger partial charge in [-0.05, 0) is 44.0 Å². The number of rotatable bonds is 8. The summed E-state index contributed by atoms with van der Waals surface area (Å²) in [4.78, 5) is 7.05. The lowest BCUT2D eigenvalue weighted by atomic mass is 9.98. The first-order chi connectivity index (χ1) is 15.1. The molecule has 9 atom stereocenters. The number of aliphatic hydroxyl groups is 8. The van der Waals surface area contributed by atoms with Crippen LogP contribution in [0.3, 0.4) is 0 Å². The SMILES string of the molecule is OCC1O[C@H](O[C@H](C(O)CO)C(O)[C@H](O)c2nc3cc(Br)c(Br)cc3[nH]2)[C@@H](O)C(O)[C@@H]1O. The van der Waals surface area contributed by atoms with Crippen LogP contribution in [0.4, 0.5) is 0 Å². The molecule has 1 aliphatic rings. The minimum Gasteiger partial charge on any atom is -0.394 e. The third-order valence-electron chi connectivity index (χ3n) is 5.19. The molecule has 0 aliphatic carbocycles. The molecule has 32 heavy (non-hydrogen) atoms. The summed E-state index contributed by atoms with van der Waals surface area (Å²) in [5.74, 6) is -0.0648. The van der Waals surface area contributed by atoms with Gasteiger partial charge in [0.05, 0.1) is 24.2 Å². The third kappa shape index (κ3) is 5.16. The summed E-state index contributed by atoms with van der Waals surface area (Å²) in [6, 6.07) is 3.36. The molecule has 0 spiro atoms. The molecule has 1 saturated heterocycles. The van der Waals surface area contributed by atoms with Crippen molar-refractivity contribution in [1.29, 1.82) is 0 Å². The molecule has 180 valence electrons. The first-order valence-corrected chi connectivity index (χ1v) is 11.1. The van der Waals surface area contributed by atoms with Crippen LogP contribution in [0.2, 0.25) is 0 Å². The van der Waals surface area contributed by atoms with Gasteiger partial charge < -0.3 is 55.3 Å². The average molecular weight is 588 g/mol. The molecule has 9 N–H and O–H groups in total. The monoisotopic (exact) mass is 586 g/mol. The molecule has 0 saturated carbocycles. The van der Waals surface area contributed by atoms with Gasteiger partial charge in [0.25, 0.3) is 0 Å². The standard InChI is InChI=1S/C18H24Br2N2O10/c19-5-1-7-8(2-6(5)20)22-17(21-7)14(29)13(28)16(9(25)3-23)32-18-15(30)12(27)11(26)10(4-24)31-18/h1-2,9-16,18,23-30H,3-4H2,(H,21,22)/t9?,10?,11-,12?,13?,14+,15+,16-,18-/m1/s1. The second kappa shape index (κ2) is 10.7. The fourth-order valence-electron chi connectivity index (χ4n) is 3.34. The number of H-pyrrole nitrogens is 1. The predicted octanol–water partition coefficient (Wildman–Crippen LogP) is -1.98. The molecule has 0 radical (unpaired) electrons. The molecular weight excluding hydrogens is 564 g/mol. The maximum Gasteiger partial charge on any atom is 0.187 e. The van der Waals surface area contributed by atoms with Gasteiger partial charge in [-0.25, -0.2) is 4.98 Å². The highest BCUT2D eigenvalue weighted by Gasteiger charge is 2.47. The van der Waals surface area contributed by atoms with Crippen LogP contribution in [0.15, 0.2) is 21.1 Å². The molecule has 1 aromatic heterocycles. The number of ether oxygens (including phenoxy) is 2. The van der Waals surface area contributed by atoms with Gasteiger partial charge in [0.2, 0.25) is 0 Å². The molecule has 4 unspecified atom stereocenters. The third-order valence-corrected chi connectivity index (χ3v) is 7.03. The number of benzene rings is 1. The number of fused-ring (bicyclic) bond motifs is 1. The van der Waals surface area contributed by atoms with Crippen molar-refractivity contribution < 1.29 is 50.3 Å². The maximum absolute atomic E-state index is 10.7. The number of imidazole rings is 1. The molecule has 1 fully saturated rings.